The number of hydrogen-bond acceptors (Lipinski definition) is 6. The minimum atomic E-state index is -0.324. The maximum Gasteiger partial charge on any atom is 0.277 e. The quantitative estimate of drug-likeness (QED) is 0.639. The van der Waals surface area contributed by atoms with E-state index in [0.717, 1.165) is 5.56 Å². The molecule has 6 nitrogen and oxygen atoms in total. The first kappa shape index (κ1) is 16.3. The molecule has 0 unspecified atom stereocenters. The number of ether oxygens (including phenoxy) is 1. The lowest BCUT2D eigenvalue weighted by molar-refractivity contribution is 0.252. The summed E-state index contributed by atoms with van der Waals surface area (Å²) >= 11 is 1.34. The van der Waals surface area contributed by atoms with Crippen LogP contribution in [-0.2, 0) is 19.4 Å². The maximum absolute atomic E-state index is 12.8. The molecule has 0 saturated heterocycles. The number of thioether (sulfide) groups is 1. The van der Waals surface area contributed by atoms with Crippen LogP contribution in [0.1, 0.15) is 11.5 Å². The van der Waals surface area contributed by atoms with Crippen LogP contribution in [0.3, 0.4) is 0 Å². The maximum atomic E-state index is 12.8. The van der Waals surface area contributed by atoms with Crippen LogP contribution in [0.4, 0.5) is 4.39 Å². The van der Waals surface area contributed by atoms with Gasteiger partial charge in [0, 0.05) is 25.1 Å². The molecule has 0 aliphatic carbocycles. The number of rotatable bonds is 6. The summed E-state index contributed by atoms with van der Waals surface area (Å²) in [5.74, 6) is 1.07. The smallest absolute Gasteiger partial charge is 0.277 e. The van der Waals surface area contributed by atoms with E-state index in [9.17, 15) is 9.18 Å². The van der Waals surface area contributed by atoms with E-state index in [4.69, 9.17) is 9.15 Å². The fraction of sp³-hybridized carbons (Fsp3) is 0.188. The molecule has 24 heavy (non-hydrogen) atoms. The Balaban J connectivity index is 1.54. The lowest BCUT2D eigenvalue weighted by atomic mass is 10.3. The van der Waals surface area contributed by atoms with Gasteiger partial charge in [0.2, 0.25) is 0 Å². The van der Waals surface area contributed by atoms with Gasteiger partial charge in [-0.3, -0.25) is 4.79 Å². The van der Waals surface area contributed by atoms with Gasteiger partial charge >= 0.3 is 0 Å². The van der Waals surface area contributed by atoms with Crippen molar-refractivity contribution < 1.29 is 13.5 Å². The minimum Gasteiger partial charge on any atom is -0.484 e. The molecule has 0 N–H and O–H groups in total. The van der Waals surface area contributed by atoms with Crippen molar-refractivity contribution in [3.8, 4) is 5.75 Å². The van der Waals surface area contributed by atoms with Crippen LogP contribution in [0.2, 0.25) is 0 Å². The third-order valence-corrected chi connectivity index (χ3v) is 4.04. The fourth-order valence-electron chi connectivity index (χ4n) is 1.86. The molecule has 0 aliphatic rings. The van der Waals surface area contributed by atoms with Gasteiger partial charge in [-0.05, 0) is 35.9 Å². The Morgan fingerprint density at radius 2 is 2.04 bits per heavy atom. The van der Waals surface area contributed by atoms with Crippen molar-refractivity contribution in [2.45, 2.75) is 17.6 Å². The predicted octanol–water partition coefficient (Wildman–Crippen LogP) is 2.78. The van der Waals surface area contributed by atoms with Crippen LogP contribution >= 0.6 is 11.8 Å². The molecule has 0 saturated carbocycles. The lowest BCUT2D eigenvalue weighted by Gasteiger charge is -2.02. The van der Waals surface area contributed by atoms with Crippen LogP contribution in [0.25, 0.3) is 0 Å². The lowest BCUT2D eigenvalue weighted by Crippen LogP contribution is -2.14. The fourth-order valence-corrected chi connectivity index (χ4v) is 2.58. The zero-order chi connectivity index (χ0) is 16.9. The van der Waals surface area contributed by atoms with Crippen molar-refractivity contribution >= 4 is 11.8 Å². The summed E-state index contributed by atoms with van der Waals surface area (Å²) in [6.45, 7) is 0.102. The van der Waals surface area contributed by atoms with Crippen LogP contribution < -0.4 is 10.3 Å². The summed E-state index contributed by atoms with van der Waals surface area (Å²) < 4.78 is 25.2. The van der Waals surface area contributed by atoms with Gasteiger partial charge in [-0.15, -0.1) is 10.2 Å². The van der Waals surface area contributed by atoms with E-state index in [-0.39, 0.29) is 18.0 Å². The molecule has 8 heteroatoms. The van der Waals surface area contributed by atoms with Gasteiger partial charge in [-0.25, -0.2) is 4.39 Å². The summed E-state index contributed by atoms with van der Waals surface area (Å²) in [5, 5.41) is 8.21. The highest BCUT2D eigenvalue weighted by Gasteiger charge is 2.08. The summed E-state index contributed by atoms with van der Waals surface area (Å²) in [7, 11) is 1.70. The largest absolute Gasteiger partial charge is 0.484 e. The zero-order valence-corrected chi connectivity index (χ0v) is 13.6. The Bertz CT molecular complexity index is 877. The molecule has 3 aromatic rings. The molecular weight excluding hydrogens is 333 g/mol. The number of hydrogen-bond donors (Lipinski definition) is 0. The van der Waals surface area contributed by atoms with Gasteiger partial charge in [0.25, 0.3) is 16.7 Å². The van der Waals surface area contributed by atoms with E-state index in [1.165, 1.54) is 40.6 Å². The highest BCUT2D eigenvalue weighted by molar-refractivity contribution is 7.98. The van der Waals surface area contributed by atoms with Gasteiger partial charge < -0.3 is 13.7 Å². The minimum absolute atomic E-state index is 0.0629. The normalized spacial score (nSPS) is 10.8. The van der Waals surface area contributed by atoms with Crippen molar-refractivity contribution in [1.29, 1.82) is 0 Å². The molecule has 2 aromatic heterocycles. The van der Waals surface area contributed by atoms with Crippen molar-refractivity contribution in [2.75, 3.05) is 0 Å². The molecule has 2 heterocycles. The van der Waals surface area contributed by atoms with E-state index in [1.807, 2.05) is 6.07 Å². The van der Waals surface area contributed by atoms with E-state index < -0.39 is 0 Å². The van der Waals surface area contributed by atoms with Crippen LogP contribution in [0, 0.1) is 5.82 Å². The predicted molar refractivity (Wildman–Crippen MR) is 86.3 cm³/mol. The van der Waals surface area contributed by atoms with Gasteiger partial charge in [-0.2, -0.15) is 0 Å². The van der Waals surface area contributed by atoms with Gasteiger partial charge in [0.05, 0.1) is 0 Å². The highest BCUT2D eigenvalue weighted by Crippen LogP contribution is 2.21. The monoisotopic (exact) mass is 347 g/mol. The molecule has 0 aliphatic heterocycles. The summed E-state index contributed by atoms with van der Waals surface area (Å²) in [6, 6.07) is 9.11. The topological polar surface area (TPSA) is 70.2 Å². The number of halogens is 1. The number of pyridine rings is 1. The Labute approximate surface area is 141 Å². The standard InChI is InChI=1S/C16H14FN3O3S/c1-20-7-6-11(8-15(20)21)10-24-16-19-18-14(23-16)9-22-13-4-2-12(17)3-5-13/h2-8H,9-10H2,1H3. The molecular formula is C16H14FN3O3S. The van der Waals surface area contributed by atoms with Crippen molar-refractivity contribution in [3.63, 3.8) is 0 Å². The molecule has 0 amide bonds. The highest BCUT2D eigenvalue weighted by atomic mass is 32.2. The van der Waals surface area contributed by atoms with Crippen LogP contribution in [0.5, 0.6) is 5.75 Å². The van der Waals surface area contributed by atoms with E-state index in [2.05, 4.69) is 10.2 Å². The summed E-state index contributed by atoms with van der Waals surface area (Å²) in [5.41, 5.74) is 0.817. The van der Waals surface area contributed by atoms with Gasteiger partial charge in [0.1, 0.15) is 11.6 Å². The van der Waals surface area contributed by atoms with Crippen LogP contribution in [-0.4, -0.2) is 14.8 Å². The SMILES string of the molecule is Cn1ccc(CSc2nnc(COc3ccc(F)cc3)o2)cc1=O. The molecule has 0 radical (unpaired) electrons. The number of aromatic nitrogens is 3. The van der Waals surface area contributed by atoms with E-state index in [1.54, 1.807) is 19.3 Å². The second kappa shape index (κ2) is 7.31. The number of benzene rings is 1. The first-order valence-corrected chi connectivity index (χ1v) is 8.08. The summed E-state index contributed by atoms with van der Waals surface area (Å²) in [4.78, 5) is 11.6. The molecule has 0 spiro atoms. The number of nitrogens with zero attached hydrogens (tertiary/aromatic N) is 3. The van der Waals surface area contributed by atoms with E-state index >= 15 is 0 Å². The van der Waals surface area contributed by atoms with Crippen molar-refractivity contribution in [3.05, 3.63) is 70.2 Å². The average molecular weight is 347 g/mol. The first-order valence-electron chi connectivity index (χ1n) is 7.09. The Morgan fingerprint density at radius 1 is 1.25 bits per heavy atom. The molecule has 1 aromatic carbocycles. The Hall–Kier alpha value is -2.61. The number of aryl methyl sites for hydroxylation is 1. The summed E-state index contributed by atoms with van der Waals surface area (Å²) in [6.07, 6.45) is 1.72. The molecule has 0 fully saturated rings. The van der Waals surface area contributed by atoms with Gasteiger partial charge in [0.15, 0.2) is 6.61 Å². The molecule has 0 atom stereocenters. The second-order valence-electron chi connectivity index (χ2n) is 4.98. The molecule has 124 valence electrons. The van der Waals surface area contributed by atoms with Crippen molar-refractivity contribution in [1.82, 2.24) is 14.8 Å². The molecule has 3 rings (SSSR count). The van der Waals surface area contributed by atoms with Gasteiger partial charge in [-0.1, -0.05) is 11.8 Å². The third-order valence-electron chi connectivity index (χ3n) is 3.16. The zero-order valence-electron chi connectivity index (χ0n) is 12.8. The second-order valence-corrected chi connectivity index (χ2v) is 5.90. The van der Waals surface area contributed by atoms with E-state index in [0.29, 0.717) is 22.6 Å². The van der Waals surface area contributed by atoms with Crippen molar-refractivity contribution in [2.24, 2.45) is 7.05 Å². The van der Waals surface area contributed by atoms with Crippen LogP contribution in [0.15, 0.2) is 57.0 Å². The first-order chi connectivity index (χ1) is 11.6. The molecule has 0 bridgehead atoms. The third kappa shape index (κ3) is 4.23. The average Bonchev–Trinajstić information content (AvgIpc) is 3.03. The Morgan fingerprint density at radius 3 is 2.79 bits per heavy atom. The Kier molecular flexibility index (Phi) is 4.95.